The van der Waals surface area contributed by atoms with Gasteiger partial charge in [0.2, 0.25) is 0 Å². The summed E-state index contributed by atoms with van der Waals surface area (Å²) >= 11 is 0. The highest BCUT2D eigenvalue weighted by molar-refractivity contribution is 5.80. The molecule has 0 aromatic carbocycles. The zero-order valence-corrected chi connectivity index (χ0v) is 13.8. The van der Waals surface area contributed by atoms with Crippen molar-refractivity contribution in [3.63, 3.8) is 0 Å². The number of hydrogen-bond donors (Lipinski definition) is 2. The number of hydrogen-bond acceptors (Lipinski definition) is 2. The van der Waals surface area contributed by atoms with Gasteiger partial charge in [0, 0.05) is 37.8 Å². The number of aryl methyl sites for hydroxylation is 1. The third-order valence-electron chi connectivity index (χ3n) is 3.80. The van der Waals surface area contributed by atoms with Crippen molar-refractivity contribution in [2.24, 2.45) is 4.99 Å². The molecule has 0 spiro atoms. The number of guanidine groups is 1. The molecule has 118 valence electrons. The molecule has 0 amide bonds. The molecule has 1 aromatic heterocycles. The Labute approximate surface area is 128 Å². The molecule has 1 aliphatic carbocycles. The molecule has 21 heavy (non-hydrogen) atoms. The van der Waals surface area contributed by atoms with Crippen molar-refractivity contribution in [3.05, 3.63) is 17.5 Å². The number of rotatable bonds is 5. The summed E-state index contributed by atoms with van der Waals surface area (Å²) in [6.07, 6.45) is 6.53. The van der Waals surface area contributed by atoms with Gasteiger partial charge in [-0.1, -0.05) is 6.92 Å². The summed E-state index contributed by atoms with van der Waals surface area (Å²) in [4.78, 5) is 4.58. The van der Waals surface area contributed by atoms with Crippen LogP contribution in [0, 0.1) is 0 Å². The maximum Gasteiger partial charge on any atom is 0.191 e. The first-order chi connectivity index (χ1) is 10.1. The van der Waals surface area contributed by atoms with Gasteiger partial charge in [-0.2, -0.15) is 5.10 Å². The van der Waals surface area contributed by atoms with Crippen molar-refractivity contribution in [1.29, 1.82) is 0 Å². The van der Waals surface area contributed by atoms with Gasteiger partial charge >= 0.3 is 0 Å². The topological polar surface area (TPSA) is 54.2 Å². The Balaban J connectivity index is 1.99. The Morgan fingerprint density at radius 2 is 2.29 bits per heavy atom. The molecular formula is C16H29N5. The van der Waals surface area contributed by atoms with E-state index in [9.17, 15) is 0 Å². The first-order valence-electron chi connectivity index (χ1n) is 8.25. The van der Waals surface area contributed by atoms with Crippen LogP contribution in [0.3, 0.4) is 0 Å². The maximum atomic E-state index is 4.73. The predicted octanol–water partition coefficient (Wildman–Crippen LogP) is 2.29. The number of fused-ring (bicyclic) bond motifs is 1. The fraction of sp³-hybridized carbons (Fsp3) is 0.750. The van der Waals surface area contributed by atoms with Gasteiger partial charge in [-0.15, -0.1) is 0 Å². The average Bonchev–Trinajstić information content (AvgIpc) is 2.88. The molecule has 1 unspecified atom stereocenters. The van der Waals surface area contributed by atoms with Gasteiger partial charge in [-0.25, -0.2) is 0 Å². The van der Waals surface area contributed by atoms with Gasteiger partial charge < -0.3 is 10.6 Å². The minimum Gasteiger partial charge on any atom is -0.357 e. The smallest absolute Gasteiger partial charge is 0.191 e. The molecule has 0 bridgehead atoms. The molecule has 0 aliphatic heterocycles. The number of aromatic nitrogens is 2. The minimum absolute atomic E-state index is 0.433. The summed E-state index contributed by atoms with van der Waals surface area (Å²) in [5.74, 6) is 0.941. The SMILES string of the molecule is CCCN=C(NCC)NC1CCc2cn(C(C)C)nc2C1. The van der Waals surface area contributed by atoms with Gasteiger partial charge in [0.15, 0.2) is 5.96 Å². The van der Waals surface area contributed by atoms with Crippen molar-refractivity contribution in [2.75, 3.05) is 13.1 Å². The largest absolute Gasteiger partial charge is 0.357 e. The molecule has 1 atom stereocenters. The molecule has 1 heterocycles. The van der Waals surface area contributed by atoms with Crippen LogP contribution >= 0.6 is 0 Å². The third-order valence-corrected chi connectivity index (χ3v) is 3.80. The van der Waals surface area contributed by atoms with E-state index in [4.69, 9.17) is 5.10 Å². The maximum absolute atomic E-state index is 4.73. The van der Waals surface area contributed by atoms with Crippen LogP contribution in [0.25, 0.3) is 0 Å². The van der Waals surface area contributed by atoms with Crippen molar-refractivity contribution in [1.82, 2.24) is 20.4 Å². The normalized spacial score (nSPS) is 18.7. The molecular weight excluding hydrogens is 262 g/mol. The second-order valence-corrected chi connectivity index (χ2v) is 6.02. The number of nitrogens with zero attached hydrogens (tertiary/aromatic N) is 3. The minimum atomic E-state index is 0.433. The van der Waals surface area contributed by atoms with Crippen LogP contribution in [0.1, 0.15) is 57.8 Å². The Morgan fingerprint density at radius 1 is 1.48 bits per heavy atom. The van der Waals surface area contributed by atoms with Crippen LogP contribution in [-0.4, -0.2) is 34.9 Å². The van der Waals surface area contributed by atoms with E-state index in [0.29, 0.717) is 12.1 Å². The Bertz CT molecular complexity index is 475. The first kappa shape index (κ1) is 15.9. The average molecular weight is 291 g/mol. The van der Waals surface area contributed by atoms with Crippen molar-refractivity contribution in [3.8, 4) is 0 Å². The summed E-state index contributed by atoms with van der Waals surface area (Å²) in [6, 6.07) is 0.869. The van der Waals surface area contributed by atoms with Gasteiger partial charge in [0.25, 0.3) is 0 Å². The molecule has 0 saturated carbocycles. The monoisotopic (exact) mass is 291 g/mol. The second-order valence-electron chi connectivity index (χ2n) is 6.02. The van der Waals surface area contributed by atoms with Crippen LogP contribution in [0.2, 0.25) is 0 Å². The van der Waals surface area contributed by atoms with E-state index in [2.05, 4.69) is 54.2 Å². The van der Waals surface area contributed by atoms with E-state index in [1.807, 2.05) is 0 Å². The number of aliphatic imine (C=N–C) groups is 1. The fourth-order valence-corrected chi connectivity index (χ4v) is 2.64. The summed E-state index contributed by atoms with van der Waals surface area (Å²) < 4.78 is 2.09. The highest BCUT2D eigenvalue weighted by Crippen LogP contribution is 2.21. The van der Waals surface area contributed by atoms with Crippen molar-refractivity contribution >= 4 is 5.96 Å². The van der Waals surface area contributed by atoms with Crippen LogP contribution in [0.15, 0.2) is 11.2 Å². The molecule has 2 rings (SSSR count). The van der Waals surface area contributed by atoms with Gasteiger partial charge in [0.05, 0.1) is 5.69 Å². The highest BCUT2D eigenvalue weighted by atomic mass is 15.3. The Kier molecular flexibility index (Phi) is 5.65. The van der Waals surface area contributed by atoms with Crippen molar-refractivity contribution in [2.45, 2.75) is 65.5 Å². The highest BCUT2D eigenvalue weighted by Gasteiger charge is 2.22. The molecule has 1 aromatic rings. The van der Waals surface area contributed by atoms with Gasteiger partial charge in [-0.05, 0) is 45.6 Å². The molecule has 1 aliphatic rings. The summed E-state index contributed by atoms with van der Waals surface area (Å²) in [5, 5.41) is 11.6. The van der Waals surface area contributed by atoms with E-state index in [0.717, 1.165) is 44.7 Å². The molecule has 5 heteroatoms. The number of nitrogens with one attached hydrogen (secondary N) is 2. The molecule has 5 nitrogen and oxygen atoms in total. The van der Waals surface area contributed by atoms with E-state index < -0.39 is 0 Å². The lowest BCUT2D eigenvalue weighted by Crippen LogP contribution is -2.45. The lowest BCUT2D eigenvalue weighted by molar-refractivity contribution is 0.499. The zero-order chi connectivity index (χ0) is 15.2. The van der Waals surface area contributed by atoms with Crippen molar-refractivity contribution < 1.29 is 0 Å². The second kappa shape index (κ2) is 7.48. The van der Waals surface area contributed by atoms with E-state index in [1.165, 1.54) is 11.3 Å². The predicted molar refractivity (Wildman–Crippen MR) is 87.8 cm³/mol. The van der Waals surface area contributed by atoms with E-state index in [-0.39, 0.29) is 0 Å². The zero-order valence-electron chi connectivity index (χ0n) is 13.8. The Hall–Kier alpha value is -1.52. The van der Waals surface area contributed by atoms with Crippen LogP contribution < -0.4 is 10.6 Å². The lowest BCUT2D eigenvalue weighted by Gasteiger charge is -2.24. The van der Waals surface area contributed by atoms with Crippen LogP contribution in [-0.2, 0) is 12.8 Å². The molecule has 0 saturated heterocycles. The lowest BCUT2D eigenvalue weighted by atomic mass is 9.94. The van der Waals surface area contributed by atoms with E-state index >= 15 is 0 Å². The molecule has 2 N–H and O–H groups in total. The third kappa shape index (κ3) is 4.22. The molecule has 0 radical (unpaired) electrons. The van der Waals surface area contributed by atoms with Gasteiger partial charge in [-0.3, -0.25) is 9.67 Å². The fourth-order valence-electron chi connectivity index (χ4n) is 2.64. The summed E-state index contributed by atoms with van der Waals surface area (Å²) in [7, 11) is 0. The van der Waals surface area contributed by atoms with Gasteiger partial charge in [0.1, 0.15) is 0 Å². The van der Waals surface area contributed by atoms with Crippen LogP contribution in [0.4, 0.5) is 0 Å². The molecule has 0 fully saturated rings. The first-order valence-corrected chi connectivity index (χ1v) is 8.25. The standard InChI is InChI=1S/C16H29N5/c1-5-9-18-16(17-6-2)19-14-8-7-13-11-21(12(3)4)20-15(13)10-14/h11-12,14H,5-10H2,1-4H3,(H2,17,18,19). The van der Waals surface area contributed by atoms with E-state index in [1.54, 1.807) is 0 Å². The summed E-state index contributed by atoms with van der Waals surface area (Å²) in [5.41, 5.74) is 2.66. The quantitative estimate of drug-likeness (QED) is 0.646. The Morgan fingerprint density at radius 3 is 2.95 bits per heavy atom. The van der Waals surface area contributed by atoms with Crippen LogP contribution in [0.5, 0.6) is 0 Å². The summed E-state index contributed by atoms with van der Waals surface area (Å²) in [6.45, 7) is 10.4.